The van der Waals surface area contributed by atoms with Crippen LogP contribution in [0.3, 0.4) is 0 Å². The molecule has 0 aromatic heterocycles. The Hall–Kier alpha value is -0.870. The fourth-order valence-electron chi connectivity index (χ4n) is 3.17. The summed E-state index contributed by atoms with van der Waals surface area (Å²) in [5.41, 5.74) is 0.300. The second-order valence-corrected chi connectivity index (χ2v) is 9.64. The summed E-state index contributed by atoms with van der Waals surface area (Å²) in [6, 6.07) is 2.28. The first-order valence-corrected chi connectivity index (χ1v) is 10.7. The molecule has 0 unspecified atom stereocenters. The highest BCUT2D eigenvalue weighted by Crippen LogP contribution is 2.37. The lowest BCUT2D eigenvalue weighted by Gasteiger charge is -2.37. The largest absolute Gasteiger partial charge is 0.370 e. The molecule has 1 aromatic rings. The minimum absolute atomic E-state index is 0.0667. The zero-order valence-corrected chi connectivity index (χ0v) is 14.7. The Morgan fingerprint density at radius 3 is 2.48 bits per heavy atom. The molecule has 1 fully saturated rings. The number of hydrogen-bond acceptors (Lipinski definition) is 5. The molecule has 0 atom stereocenters. The van der Waals surface area contributed by atoms with Crippen molar-refractivity contribution in [3.05, 3.63) is 17.2 Å². The average Bonchev–Trinajstić information content (AvgIpc) is 2.46. The second-order valence-electron chi connectivity index (χ2n) is 5.84. The lowest BCUT2D eigenvalue weighted by molar-refractivity contribution is 0.261. The molecule has 1 aliphatic heterocycles. The summed E-state index contributed by atoms with van der Waals surface area (Å²) >= 11 is 5.92. The van der Waals surface area contributed by atoms with Gasteiger partial charge in [-0.15, -0.1) is 0 Å². The molecular weight excluding hydrogens is 362 g/mol. The summed E-state index contributed by atoms with van der Waals surface area (Å²) < 4.78 is 50.4. The van der Waals surface area contributed by atoms with Crippen molar-refractivity contribution in [3.63, 3.8) is 0 Å². The van der Waals surface area contributed by atoms with Gasteiger partial charge in [0.2, 0.25) is 20.0 Å². The third kappa shape index (κ3) is 3.08. The number of halogens is 1. The Bertz CT molecular complexity index is 833. The van der Waals surface area contributed by atoms with Crippen LogP contribution in [0.25, 0.3) is 0 Å². The molecule has 1 heterocycles. The fraction of sp³-hybridized carbons (Fsp3) is 0.538. The summed E-state index contributed by atoms with van der Waals surface area (Å²) in [6.45, 7) is 0.158. The number of primary sulfonamides is 1. The first-order chi connectivity index (χ1) is 10.7. The van der Waals surface area contributed by atoms with Crippen molar-refractivity contribution in [1.82, 2.24) is 4.31 Å². The molecule has 7 nitrogen and oxygen atoms in total. The number of nitrogens with zero attached hydrogens (tertiary/aromatic N) is 1. The predicted octanol–water partition coefficient (Wildman–Crippen LogP) is 1.69. The summed E-state index contributed by atoms with van der Waals surface area (Å²) in [5.74, 6) is 0. The van der Waals surface area contributed by atoms with Gasteiger partial charge in [-0.05, 0) is 25.0 Å². The van der Waals surface area contributed by atoms with Crippen LogP contribution in [0.4, 0.5) is 5.69 Å². The molecule has 1 aliphatic carbocycles. The molecule has 0 spiro atoms. The third-order valence-electron chi connectivity index (χ3n) is 4.33. The monoisotopic (exact) mass is 379 g/mol. The number of anilines is 1. The molecule has 0 amide bonds. The van der Waals surface area contributed by atoms with Crippen molar-refractivity contribution in [2.45, 2.75) is 47.9 Å². The molecule has 2 aliphatic rings. The first kappa shape index (κ1) is 17.0. The van der Waals surface area contributed by atoms with E-state index in [2.05, 4.69) is 5.32 Å². The van der Waals surface area contributed by atoms with Crippen LogP contribution in [0.2, 0.25) is 5.02 Å². The van der Waals surface area contributed by atoms with Gasteiger partial charge in [0.1, 0.15) is 9.79 Å². The van der Waals surface area contributed by atoms with Crippen LogP contribution < -0.4 is 10.5 Å². The van der Waals surface area contributed by atoms with Crippen molar-refractivity contribution in [2.75, 3.05) is 12.0 Å². The van der Waals surface area contributed by atoms with Crippen LogP contribution >= 0.6 is 11.6 Å². The molecule has 1 saturated carbocycles. The molecule has 0 radical (unpaired) electrons. The van der Waals surface area contributed by atoms with Crippen LogP contribution in [0, 0.1) is 0 Å². The lowest BCUT2D eigenvalue weighted by atomic mass is 9.96. The van der Waals surface area contributed by atoms with E-state index >= 15 is 0 Å². The van der Waals surface area contributed by atoms with Gasteiger partial charge in [0.05, 0.1) is 17.4 Å². The van der Waals surface area contributed by atoms with Gasteiger partial charge in [-0.25, -0.2) is 22.0 Å². The highest BCUT2D eigenvalue weighted by atomic mass is 35.5. The Morgan fingerprint density at radius 2 is 1.87 bits per heavy atom. The summed E-state index contributed by atoms with van der Waals surface area (Å²) in [6.07, 6.45) is 4.72. The number of nitrogens with two attached hydrogens (primary N) is 1. The van der Waals surface area contributed by atoms with Gasteiger partial charge < -0.3 is 5.32 Å². The molecule has 3 N–H and O–H groups in total. The molecule has 1 aromatic carbocycles. The summed E-state index contributed by atoms with van der Waals surface area (Å²) in [5, 5.41) is 8.03. The van der Waals surface area contributed by atoms with Gasteiger partial charge in [0.15, 0.2) is 0 Å². The topological polar surface area (TPSA) is 110 Å². The van der Waals surface area contributed by atoms with Crippen LogP contribution in [-0.4, -0.2) is 33.9 Å². The average molecular weight is 380 g/mol. The minimum atomic E-state index is -4.10. The second kappa shape index (κ2) is 5.89. The van der Waals surface area contributed by atoms with Gasteiger partial charge in [0.25, 0.3) is 0 Å². The van der Waals surface area contributed by atoms with Crippen LogP contribution in [0.1, 0.15) is 32.1 Å². The molecular formula is C13H18ClN3O4S2. The number of rotatable bonds is 2. The quantitative estimate of drug-likeness (QED) is 0.812. The maximum absolute atomic E-state index is 12.9. The number of benzene rings is 1. The van der Waals surface area contributed by atoms with Crippen molar-refractivity contribution < 1.29 is 16.8 Å². The van der Waals surface area contributed by atoms with E-state index < -0.39 is 20.0 Å². The van der Waals surface area contributed by atoms with Crippen LogP contribution in [0.15, 0.2) is 21.9 Å². The van der Waals surface area contributed by atoms with Gasteiger partial charge >= 0.3 is 0 Å². The van der Waals surface area contributed by atoms with Gasteiger partial charge in [-0.1, -0.05) is 30.9 Å². The van der Waals surface area contributed by atoms with E-state index in [0.29, 0.717) is 5.69 Å². The van der Waals surface area contributed by atoms with Gasteiger partial charge in [-0.3, -0.25) is 0 Å². The van der Waals surface area contributed by atoms with Crippen LogP contribution in [0.5, 0.6) is 0 Å². The lowest BCUT2D eigenvalue weighted by Crippen LogP contribution is -2.47. The van der Waals surface area contributed by atoms with E-state index in [0.717, 1.165) is 38.2 Å². The normalized spacial score (nSPS) is 22.3. The zero-order chi connectivity index (χ0) is 16.8. The number of fused-ring (bicyclic) bond motifs is 1. The van der Waals surface area contributed by atoms with Crippen molar-refractivity contribution in [1.29, 1.82) is 0 Å². The van der Waals surface area contributed by atoms with Gasteiger partial charge in [0, 0.05) is 6.04 Å². The Morgan fingerprint density at radius 1 is 1.22 bits per heavy atom. The minimum Gasteiger partial charge on any atom is -0.370 e. The van der Waals surface area contributed by atoms with E-state index in [4.69, 9.17) is 16.7 Å². The third-order valence-corrected chi connectivity index (χ3v) is 7.65. The maximum atomic E-state index is 12.9. The molecule has 23 heavy (non-hydrogen) atoms. The number of nitrogens with one attached hydrogen (secondary N) is 1. The molecule has 128 valence electrons. The summed E-state index contributed by atoms with van der Waals surface area (Å²) in [4.78, 5) is -0.475. The highest BCUT2D eigenvalue weighted by molar-refractivity contribution is 7.90. The van der Waals surface area contributed by atoms with E-state index in [9.17, 15) is 16.8 Å². The maximum Gasteiger partial charge on any atom is 0.246 e. The Balaban J connectivity index is 2.08. The van der Waals surface area contributed by atoms with Crippen molar-refractivity contribution >= 4 is 37.3 Å². The SMILES string of the molecule is NS(=O)(=O)c1cc2c(cc1Cl)NCN(C1CCCCC1)S2(=O)=O. The van der Waals surface area contributed by atoms with E-state index in [1.807, 2.05) is 0 Å². The standard InChI is InChI=1S/C13H18ClN3O4S2/c14-10-6-11-13(7-12(10)22(15,18)19)23(20,21)17(8-16-11)9-4-2-1-3-5-9/h6-7,9,16H,1-5,8H2,(H2,15,18,19). The van der Waals surface area contributed by atoms with Crippen molar-refractivity contribution in [2.24, 2.45) is 5.14 Å². The fourth-order valence-corrected chi connectivity index (χ4v) is 6.11. The summed E-state index contributed by atoms with van der Waals surface area (Å²) in [7, 11) is -7.89. The van der Waals surface area contributed by atoms with Crippen LogP contribution in [-0.2, 0) is 20.0 Å². The molecule has 10 heteroatoms. The number of hydrogen-bond donors (Lipinski definition) is 2. The predicted molar refractivity (Wildman–Crippen MR) is 87.2 cm³/mol. The number of sulfonamides is 2. The van der Waals surface area contributed by atoms with E-state index in [1.165, 1.54) is 10.4 Å². The van der Waals surface area contributed by atoms with E-state index in [1.54, 1.807) is 0 Å². The van der Waals surface area contributed by atoms with E-state index in [-0.39, 0.29) is 27.5 Å². The van der Waals surface area contributed by atoms with Gasteiger partial charge in [-0.2, -0.15) is 4.31 Å². The Kier molecular flexibility index (Phi) is 4.35. The van der Waals surface area contributed by atoms with Crippen molar-refractivity contribution in [3.8, 4) is 0 Å². The first-order valence-electron chi connectivity index (χ1n) is 7.33. The molecule has 3 rings (SSSR count). The smallest absolute Gasteiger partial charge is 0.246 e. The zero-order valence-electron chi connectivity index (χ0n) is 12.3. The Labute approximate surface area is 140 Å². The molecule has 0 bridgehead atoms. The highest BCUT2D eigenvalue weighted by Gasteiger charge is 2.38. The molecule has 0 saturated heterocycles.